The maximum Gasteiger partial charge on any atom is 0.306 e. The van der Waals surface area contributed by atoms with E-state index in [-0.39, 0.29) is 19.4 Å². The molecule has 0 aromatic rings. The molecule has 0 radical (unpaired) electrons. The van der Waals surface area contributed by atoms with E-state index < -0.39 is 71.2 Å². The topological polar surface area (TPSA) is 186 Å². The van der Waals surface area contributed by atoms with Crippen molar-refractivity contribution in [2.75, 3.05) is 19.0 Å². The van der Waals surface area contributed by atoms with Gasteiger partial charge in [0.05, 0.1) is 6.61 Å². The first-order valence-corrected chi connectivity index (χ1v) is 26.9. The van der Waals surface area contributed by atoms with Crippen LogP contribution in [-0.2, 0) is 38.7 Å². The molecule has 13 heteroatoms. The van der Waals surface area contributed by atoms with Crippen LogP contribution in [0, 0.1) is 0 Å². The molecule has 1 rings (SSSR count). The smallest absolute Gasteiger partial charge is 0.306 e. The van der Waals surface area contributed by atoms with Crippen LogP contribution in [0.5, 0.6) is 0 Å². The summed E-state index contributed by atoms with van der Waals surface area (Å²) in [6.45, 7) is 3.77. The van der Waals surface area contributed by atoms with E-state index in [1.54, 1.807) is 0 Å². The molecular formula is C49H92O12S. The minimum absolute atomic E-state index is 0.158. The molecule has 1 heterocycles. The number of carbonyl (C=O) groups is 2. The molecule has 1 fully saturated rings. The molecule has 62 heavy (non-hydrogen) atoms. The van der Waals surface area contributed by atoms with E-state index in [1.165, 1.54) is 135 Å². The molecule has 0 amide bonds. The molecule has 0 aromatic heterocycles. The van der Waals surface area contributed by atoms with Crippen molar-refractivity contribution < 1.29 is 56.8 Å². The van der Waals surface area contributed by atoms with Gasteiger partial charge in [-0.25, -0.2) is 0 Å². The molecule has 1 aliphatic rings. The summed E-state index contributed by atoms with van der Waals surface area (Å²) in [7, 11) is -4.60. The zero-order valence-electron chi connectivity index (χ0n) is 39.2. The summed E-state index contributed by atoms with van der Waals surface area (Å²) in [6, 6.07) is 0. The zero-order valence-corrected chi connectivity index (χ0v) is 40.1. The quantitative estimate of drug-likeness (QED) is 0.0197. The van der Waals surface area contributed by atoms with Crippen LogP contribution < -0.4 is 0 Å². The minimum atomic E-state index is -4.60. The second-order valence-electron chi connectivity index (χ2n) is 17.8. The van der Waals surface area contributed by atoms with Crippen LogP contribution in [0.3, 0.4) is 0 Å². The molecule has 0 bridgehead atoms. The van der Waals surface area contributed by atoms with Gasteiger partial charge in [0.1, 0.15) is 36.8 Å². The molecule has 6 unspecified atom stereocenters. The molecule has 4 N–H and O–H groups in total. The standard InChI is InChI=1S/C49H92O12S/c1-3-5-7-9-11-13-15-17-18-19-20-21-22-23-24-26-27-29-31-33-35-37-44(50)58-39-42(40-59-49-48(54)47(53)46(52)43(61-49)41-62(55,56)57)60-45(51)38-36-34-32-30-28-25-16-14-12-10-8-6-4-2/h14,16,42-43,46-49,52-54H,3-13,15,17-41H2,1-2H3,(H,55,56,57)/b16-14-. The van der Waals surface area contributed by atoms with Gasteiger partial charge in [0, 0.05) is 12.8 Å². The molecular weight excluding hydrogens is 813 g/mol. The first kappa shape index (κ1) is 58.4. The van der Waals surface area contributed by atoms with Gasteiger partial charge in [0.15, 0.2) is 12.4 Å². The number of aliphatic hydroxyl groups excluding tert-OH is 3. The molecule has 1 saturated heterocycles. The highest BCUT2D eigenvalue weighted by Gasteiger charge is 2.46. The van der Waals surface area contributed by atoms with Gasteiger partial charge in [0.25, 0.3) is 10.1 Å². The van der Waals surface area contributed by atoms with Gasteiger partial charge < -0.3 is 34.3 Å². The summed E-state index contributed by atoms with van der Waals surface area (Å²) in [5, 5.41) is 30.9. The third-order valence-corrected chi connectivity index (χ3v) is 12.6. The summed E-state index contributed by atoms with van der Waals surface area (Å²) in [4.78, 5) is 25.5. The summed E-state index contributed by atoms with van der Waals surface area (Å²) >= 11 is 0. The van der Waals surface area contributed by atoms with Crippen LogP contribution in [-0.4, -0.2) is 96.0 Å². The van der Waals surface area contributed by atoms with Crippen LogP contribution in [0.15, 0.2) is 12.2 Å². The van der Waals surface area contributed by atoms with Crippen LogP contribution in [0.25, 0.3) is 0 Å². The summed E-state index contributed by atoms with van der Waals surface area (Å²) in [5.74, 6) is -1.98. The number of esters is 2. The number of unbranched alkanes of at least 4 members (excludes halogenated alkanes) is 29. The van der Waals surface area contributed by atoms with E-state index >= 15 is 0 Å². The van der Waals surface area contributed by atoms with Crippen molar-refractivity contribution in [3.63, 3.8) is 0 Å². The van der Waals surface area contributed by atoms with Crippen molar-refractivity contribution in [3.05, 3.63) is 12.2 Å². The normalized spacial score (nSPS) is 19.9. The average Bonchev–Trinajstić information content (AvgIpc) is 3.24. The Bertz CT molecular complexity index is 1200. The Kier molecular flexibility index (Phi) is 37.4. The van der Waals surface area contributed by atoms with Crippen LogP contribution in [0.1, 0.15) is 232 Å². The fourth-order valence-electron chi connectivity index (χ4n) is 7.91. The Hall–Kier alpha value is -1.61. The van der Waals surface area contributed by atoms with Crippen molar-refractivity contribution >= 4 is 22.1 Å². The molecule has 0 aromatic carbocycles. The first-order chi connectivity index (χ1) is 30.0. The van der Waals surface area contributed by atoms with Gasteiger partial charge in [-0.2, -0.15) is 8.42 Å². The van der Waals surface area contributed by atoms with E-state index in [2.05, 4.69) is 26.0 Å². The maximum absolute atomic E-state index is 12.8. The SMILES string of the molecule is CCCCCC/C=C\CCCCCCCC(=O)OC(COC(=O)CCCCCCCCCCCCCCCCCCCCCCC)COC1OC(CS(=O)(=O)O)C(O)C(O)C1O. The van der Waals surface area contributed by atoms with Crippen molar-refractivity contribution in [2.45, 2.75) is 269 Å². The highest BCUT2D eigenvalue weighted by Crippen LogP contribution is 2.24. The van der Waals surface area contributed by atoms with E-state index in [1.807, 2.05) is 0 Å². The van der Waals surface area contributed by atoms with E-state index in [0.717, 1.165) is 57.8 Å². The summed E-state index contributed by atoms with van der Waals surface area (Å²) in [6.07, 6.45) is 34.0. The fraction of sp³-hybridized carbons (Fsp3) is 0.918. The lowest BCUT2D eigenvalue weighted by atomic mass is 10.00. The highest BCUT2D eigenvalue weighted by molar-refractivity contribution is 7.85. The Morgan fingerprint density at radius 1 is 0.532 bits per heavy atom. The van der Waals surface area contributed by atoms with Gasteiger partial charge >= 0.3 is 11.9 Å². The lowest BCUT2D eigenvalue weighted by Gasteiger charge is -2.40. The highest BCUT2D eigenvalue weighted by atomic mass is 32.2. The number of aliphatic hydroxyl groups is 3. The Morgan fingerprint density at radius 3 is 1.35 bits per heavy atom. The molecule has 0 spiro atoms. The number of hydrogen-bond donors (Lipinski definition) is 4. The lowest BCUT2D eigenvalue weighted by molar-refractivity contribution is -0.297. The largest absolute Gasteiger partial charge is 0.462 e. The monoisotopic (exact) mass is 905 g/mol. The van der Waals surface area contributed by atoms with Crippen molar-refractivity contribution in [3.8, 4) is 0 Å². The van der Waals surface area contributed by atoms with E-state index in [9.17, 15) is 37.9 Å². The molecule has 0 aliphatic carbocycles. The van der Waals surface area contributed by atoms with Crippen molar-refractivity contribution in [1.29, 1.82) is 0 Å². The Morgan fingerprint density at radius 2 is 0.919 bits per heavy atom. The third-order valence-electron chi connectivity index (χ3n) is 11.8. The molecule has 1 aliphatic heterocycles. The first-order valence-electron chi connectivity index (χ1n) is 25.2. The fourth-order valence-corrected chi connectivity index (χ4v) is 8.60. The van der Waals surface area contributed by atoms with Gasteiger partial charge in [-0.3, -0.25) is 14.1 Å². The molecule has 0 saturated carbocycles. The maximum atomic E-state index is 12.8. The third kappa shape index (κ3) is 33.8. The van der Waals surface area contributed by atoms with Crippen LogP contribution in [0.4, 0.5) is 0 Å². The number of rotatable bonds is 43. The van der Waals surface area contributed by atoms with Gasteiger partial charge in [0.2, 0.25) is 0 Å². The van der Waals surface area contributed by atoms with Gasteiger partial charge in [-0.1, -0.05) is 193 Å². The van der Waals surface area contributed by atoms with Crippen molar-refractivity contribution in [2.24, 2.45) is 0 Å². The van der Waals surface area contributed by atoms with E-state index in [4.69, 9.17) is 18.9 Å². The number of carbonyl (C=O) groups excluding carboxylic acids is 2. The van der Waals surface area contributed by atoms with Crippen molar-refractivity contribution in [1.82, 2.24) is 0 Å². The second-order valence-corrected chi connectivity index (χ2v) is 19.3. The zero-order chi connectivity index (χ0) is 45.5. The molecule has 366 valence electrons. The Labute approximate surface area is 377 Å². The number of allylic oxidation sites excluding steroid dienone is 2. The van der Waals surface area contributed by atoms with E-state index in [0.29, 0.717) is 12.8 Å². The predicted octanol–water partition coefficient (Wildman–Crippen LogP) is 11.0. The molecule has 12 nitrogen and oxygen atoms in total. The second kappa shape index (κ2) is 39.7. The van der Waals surface area contributed by atoms with Crippen LogP contribution >= 0.6 is 0 Å². The predicted molar refractivity (Wildman–Crippen MR) is 247 cm³/mol. The number of hydrogen-bond acceptors (Lipinski definition) is 11. The average molecular weight is 905 g/mol. The number of ether oxygens (including phenoxy) is 4. The minimum Gasteiger partial charge on any atom is -0.462 e. The summed E-state index contributed by atoms with van der Waals surface area (Å²) < 4.78 is 54.2. The lowest BCUT2D eigenvalue weighted by Crippen LogP contribution is -2.60. The summed E-state index contributed by atoms with van der Waals surface area (Å²) in [5.41, 5.74) is 0. The van der Waals surface area contributed by atoms with Gasteiger partial charge in [-0.05, 0) is 38.5 Å². The molecule has 6 atom stereocenters. The Balaban J connectivity index is 2.34. The van der Waals surface area contributed by atoms with Crippen LogP contribution in [0.2, 0.25) is 0 Å². The van der Waals surface area contributed by atoms with Gasteiger partial charge in [-0.15, -0.1) is 0 Å².